The van der Waals surface area contributed by atoms with Crippen molar-refractivity contribution in [1.82, 2.24) is 9.88 Å². The molecule has 3 nitrogen and oxygen atoms in total. The van der Waals surface area contributed by atoms with Gasteiger partial charge in [0.25, 0.3) is 0 Å². The molecule has 1 fully saturated rings. The molecule has 1 aromatic heterocycles. The molecular formula is C14H24N2OS. The minimum atomic E-state index is -0.628. The summed E-state index contributed by atoms with van der Waals surface area (Å²) < 4.78 is 0. The topological polar surface area (TPSA) is 36.4 Å². The zero-order valence-electron chi connectivity index (χ0n) is 11.8. The zero-order chi connectivity index (χ0) is 13.3. The SMILES string of the molecule is CC(C)c1ncc(C2(O)CCC(N(C)C)CC2)s1. The average molecular weight is 268 g/mol. The summed E-state index contributed by atoms with van der Waals surface area (Å²) in [5, 5.41) is 11.9. The minimum absolute atomic E-state index is 0.450. The summed E-state index contributed by atoms with van der Waals surface area (Å²) in [6.45, 7) is 4.30. The van der Waals surface area contributed by atoms with Crippen molar-refractivity contribution in [3.63, 3.8) is 0 Å². The van der Waals surface area contributed by atoms with Crippen LogP contribution in [0.4, 0.5) is 0 Å². The van der Waals surface area contributed by atoms with E-state index in [1.54, 1.807) is 11.3 Å². The lowest BCUT2D eigenvalue weighted by molar-refractivity contribution is -0.0161. The maximum Gasteiger partial charge on any atom is 0.100 e. The van der Waals surface area contributed by atoms with E-state index >= 15 is 0 Å². The van der Waals surface area contributed by atoms with Crippen molar-refractivity contribution in [3.05, 3.63) is 16.1 Å². The van der Waals surface area contributed by atoms with Crippen molar-refractivity contribution in [2.75, 3.05) is 14.1 Å². The van der Waals surface area contributed by atoms with Gasteiger partial charge in [-0.1, -0.05) is 13.8 Å². The Morgan fingerprint density at radius 2 is 2.00 bits per heavy atom. The third-order valence-electron chi connectivity index (χ3n) is 3.99. The molecule has 1 aliphatic rings. The smallest absolute Gasteiger partial charge is 0.100 e. The van der Waals surface area contributed by atoms with Gasteiger partial charge in [-0.15, -0.1) is 11.3 Å². The molecular weight excluding hydrogens is 244 g/mol. The third-order valence-corrected chi connectivity index (χ3v) is 5.48. The van der Waals surface area contributed by atoms with E-state index in [0.29, 0.717) is 12.0 Å². The molecule has 1 aliphatic carbocycles. The van der Waals surface area contributed by atoms with Crippen molar-refractivity contribution < 1.29 is 5.11 Å². The molecule has 0 bridgehead atoms. The summed E-state index contributed by atoms with van der Waals surface area (Å²) in [6, 6.07) is 0.614. The number of aromatic nitrogens is 1. The summed E-state index contributed by atoms with van der Waals surface area (Å²) in [7, 11) is 4.25. The molecule has 0 radical (unpaired) electrons. The van der Waals surface area contributed by atoms with E-state index < -0.39 is 5.60 Å². The van der Waals surface area contributed by atoms with Gasteiger partial charge in [0.2, 0.25) is 0 Å². The number of hydrogen-bond donors (Lipinski definition) is 1. The normalized spacial score (nSPS) is 29.2. The van der Waals surface area contributed by atoms with Crippen LogP contribution in [0, 0.1) is 0 Å². The van der Waals surface area contributed by atoms with Crippen LogP contribution in [0.3, 0.4) is 0 Å². The van der Waals surface area contributed by atoms with Crippen LogP contribution in [0.2, 0.25) is 0 Å². The van der Waals surface area contributed by atoms with Crippen molar-refractivity contribution in [3.8, 4) is 0 Å². The number of rotatable bonds is 3. The summed E-state index contributed by atoms with van der Waals surface area (Å²) in [5.41, 5.74) is -0.628. The lowest BCUT2D eigenvalue weighted by Crippen LogP contribution is -2.38. The highest BCUT2D eigenvalue weighted by atomic mass is 32.1. The van der Waals surface area contributed by atoms with E-state index in [1.807, 2.05) is 6.20 Å². The van der Waals surface area contributed by atoms with Gasteiger partial charge in [-0.2, -0.15) is 0 Å². The van der Waals surface area contributed by atoms with Gasteiger partial charge in [-0.25, -0.2) is 4.98 Å². The standard InChI is InChI=1S/C14H24N2OS/c1-10(2)13-15-9-12(18-13)14(17)7-5-11(6-8-14)16(3)4/h9-11,17H,5-8H2,1-4H3. The van der Waals surface area contributed by atoms with Gasteiger partial charge in [0.15, 0.2) is 0 Å². The second-order valence-electron chi connectivity index (χ2n) is 5.94. The maximum absolute atomic E-state index is 10.8. The lowest BCUT2D eigenvalue weighted by atomic mass is 9.81. The first kappa shape index (κ1) is 14.0. The van der Waals surface area contributed by atoms with Crippen LogP contribution in [0.15, 0.2) is 6.20 Å². The van der Waals surface area contributed by atoms with Gasteiger partial charge in [0.1, 0.15) is 5.60 Å². The molecule has 1 N–H and O–H groups in total. The molecule has 18 heavy (non-hydrogen) atoms. The number of thiazole rings is 1. The summed E-state index contributed by atoms with van der Waals surface area (Å²) in [6.07, 6.45) is 5.73. The van der Waals surface area contributed by atoms with Crippen LogP contribution in [-0.2, 0) is 5.60 Å². The van der Waals surface area contributed by atoms with E-state index in [-0.39, 0.29) is 0 Å². The van der Waals surface area contributed by atoms with Crippen molar-refractivity contribution in [2.24, 2.45) is 0 Å². The summed E-state index contributed by atoms with van der Waals surface area (Å²) in [4.78, 5) is 7.77. The Hall–Kier alpha value is -0.450. The highest BCUT2D eigenvalue weighted by Crippen LogP contribution is 2.41. The quantitative estimate of drug-likeness (QED) is 0.915. The average Bonchev–Trinajstić information content (AvgIpc) is 2.79. The molecule has 0 saturated heterocycles. The Kier molecular flexibility index (Phi) is 4.09. The van der Waals surface area contributed by atoms with Crippen LogP contribution >= 0.6 is 11.3 Å². The number of nitrogens with zero attached hydrogens (tertiary/aromatic N) is 2. The van der Waals surface area contributed by atoms with Crippen LogP contribution in [0.5, 0.6) is 0 Å². The largest absolute Gasteiger partial charge is 0.384 e. The fraction of sp³-hybridized carbons (Fsp3) is 0.786. The van der Waals surface area contributed by atoms with Gasteiger partial charge in [-0.3, -0.25) is 0 Å². The third kappa shape index (κ3) is 2.76. The molecule has 0 unspecified atom stereocenters. The van der Waals surface area contributed by atoms with Gasteiger partial charge in [0.05, 0.1) is 9.88 Å². The Morgan fingerprint density at radius 3 is 2.44 bits per heavy atom. The molecule has 102 valence electrons. The zero-order valence-corrected chi connectivity index (χ0v) is 12.6. The molecule has 1 aromatic rings. The molecule has 4 heteroatoms. The van der Waals surface area contributed by atoms with Crippen molar-refractivity contribution >= 4 is 11.3 Å². The van der Waals surface area contributed by atoms with Crippen LogP contribution in [0.1, 0.15) is 55.3 Å². The highest BCUT2D eigenvalue weighted by molar-refractivity contribution is 7.11. The summed E-state index contributed by atoms with van der Waals surface area (Å²) >= 11 is 1.68. The molecule has 0 spiro atoms. The van der Waals surface area contributed by atoms with E-state index in [4.69, 9.17) is 0 Å². The first-order valence-corrected chi connectivity index (χ1v) is 7.59. The predicted octanol–water partition coefficient (Wildman–Crippen LogP) is 2.96. The molecule has 1 heterocycles. The fourth-order valence-electron chi connectivity index (χ4n) is 2.61. The van der Waals surface area contributed by atoms with Gasteiger partial charge < -0.3 is 10.0 Å². The van der Waals surface area contributed by atoms with E-state index in [1.165, 1.54) is 0 Å². The van der Waals surface area contributed by atoms with Gasteiger partial charge >= 0.3 is 0 Å². The number of hydrogen-bond acceptors (Lipinski definition) is 4. The molecule has 0 amide bonds. The molecule has 1 saturated carbocycles. The molecule has 0 aromatic carbocycles. The van der Waals surface area contributed by atoms with Gasteiger partial charge in [-0.05, 0) is 39.8 Å². The second-order valence-corrected chi connectivity index (χ2v) is 7.01. The minimum Gasteiger partial charge on any atom is -0.384 e. The van der Waals surface area contributed by atoms with E-state index in [2.05, 4.69) is 37.8 Å². The Balaban J connectivity index is 2.08. The molecule has 0 aliphatic heterocycles. The Labute approximate surface area is 114 Å². The Bertz CT molecular complexity index is 392. The fourth-order valence-corrected chi connectivity index (χ4v) is 3.68. The van der Waals surface area contributed by atoms with E-state index in [0.717, 1.165) is 35.6 Å². The lowest BCUT2D eigenvalue weighted by Gasteiger charge is -2.37. The van der Waals surface area contributed by atoms with Crippen molar-refractivity contribution in [1.29, 1.82) is 0 Å². The summed E-state index contributed by atoms with van der Waals surface area (Å²) in [5.74, 6) is 0.450. The molecule has 2 rings (SSSR count). The molecule has 0 atom stereocenters. The van der Waals surface area contributed by atoms with Crippen LogP contribution < -0.4 is 0 Å². The monoisotopic (exact) mass is 268 g/mol. The van der Waals surface area contributed by atoms with E-state index in [9.17, 15) is 5.11 Å². The van der Waals surface area contributed by atoms with Gasteiger partial charge in [0, 0.05) is 18.2 Å². The maximum atomic E-state index is 10.8. The van der Waals surface area contributed by atoms with Crippen LogP contribution in [0.25, 0.3) is 0 Å². The van der Waals surface area contributed by atoms with Crippen LogP contribution in [-0.4, -0.2) is 35.1 Å². The second kappa shape index (κ2) is 5.27. The van der Waals surface area contributed by atoms with Crippen molar-refractivity contribution in [2.45, 2.75) is 57.1 Å². The first-order chi connectivity index (χ1) is 8.42. The predicted molar refractivity (Wildman–Crippen MR) is 76.0 cm³/mol. The number of aliphatic hydroxyl groups is 1. The highest BCUT2D eigenvalue weighted by Gasteiger charge is 2.37. The first-order valence-electron chi connectivity index (χ1n) is 6.77. The Morgan fingerprint density at radius 1 is 1.39 bits per heavy atom.